The molecule has 0 saturated carbocycles. The number of hydrogen-bond acceptors (Lipinski definition) is 5. The van der Waals surface area contributed by atoms with Crippen LogP contribution < -0.4 is 5.32 Å². The molecule has 3 atom stereocenters. The number of thioether (sulfide) groups is 1. The van der Waals surface area contributed by atoms with Gasteiger partial charge in [0.2, 0.25) is 5.91 Å². The number of carbonyl (C=O) groups excluding carboxylic acids is 2. The quantitative estimate of drug-likeness (QED) is 0.645. The molecule has 2 heterocycles. The van der Waals surface area contributed by atoms with Crippen molar-refractivity contribution in [3.63, 3.8) is 0 Å². The van der Waals surface area contributed by atoms with E-state index in [2.05, 4.69) is 5.32 Å². The van der Waals surface area contributed by atoms with Crippen LogP contribution in [0.25, 0.3) is 0 Å². The standard InChI is InChI=1S/C16H16N2O5S/c19-8-10-7-18-14(21)12(15(18)24-13(10)16(22)23)17-11(20)6-9-4-2-1-3-5-9/h1-5,7,12-13,15,19H,6,8H2,(H,17,20)(H,22,23)/t12?,13?,15-/m1/s1. The van der Waals surface area contributed by atoms with Gasteiger partial charge in [0.1, 0.15) is 16.7 Å². The van der Waals surface area contributed by atoms with Crippen LogP contribution >= 0.6 is 11.8 Å². The molecule has 0 aromatic heterocycles. The summed E-state index contributed by atoms with van der Waals surface area (Å²) in [6.45, 7) is -0.425. The van der Waals surface area contributed by atoms with Gasteiger partial charge in [-0.05, 0) is 11.1 Å². The number of nitrogens with one attached hydrogen (secondary N) is 1. The predicted octanol–water partition coefficient (Wildman–Crippen LogP) is -0.0416. The molecule has 2 aliphatic heterocycles. The molecule has 1 saturated heterocycles. The maximum Gasteiger partial charge on any atom is 0.321 e. The van der Waals surface area contributed by atoms with Crippen LogP contribution in [0.15, 0.2) is 42.1 Å². The minimum absolute atomic E-state index is 0.155. The van der Waals surface area contributed by atoms with Gasteiger partial charge in [-0.25, -0.2) is 0 Å². The van der Waals surface area contributed by atoms with Crippen LogP contribution in [0.3, 0.4) is 0 Å². The molecule has 3 N–H and O–H groups in total. The highest BCUT2D eigenvalue weighted by Gasteiger charge is 2.52. The second kappa shape index (κ2) is 6.66. The summed E-state index contributed by atoms with van der Waals surface area (Å²) in [5.74, 6) is -1.67. The lowest BCUT2D eigenvalue weighted by molar-refractivity contribution is -0.145. The molecule has 2 unspecified atom stereocenters. The lowest BCUT2D eigenvalue weighted by Gasteiger charge is -2.48. The number of rotatable bonds is 5. The first-order chi connectivity index (χ1) is 11.5. The van der Waals surface area contributed by atoms with Crippen molar-refractivity contribution < 1.29 is 24.6 Å². The Labute approximate surface area is 142 Å². The molecule has 24 heavy (non-hydrogen) atoms. The molecular formula is C16H16N2O5S. The topological polar surface area (TPSA) is 107 Å². The first-order valence-electron chi connectivity index (χ1n) is 7.36. The molecule has 8 heteroatoms. The van der Waals surface area contributed by atoms with Crippen LogP contribution in [0.2, 0.25) is 0 Å². The third kappa shape index (κ3) is 3.02. The number of nitrogens with zero attached hydrogens (tertiary/aromatic N) is 1. The summed E-state index contributed by atoms with van der Waals surface area (Å²) < 4.78 is 0. The maximum atomic E-state index is 12.1. The number of carboxylic acid groups (broad SMARTS) is 1. The average molecular weight is 348 g/mol. The third-order valence-corrected chi connectivity index (χ3v) is 5.48. The van der Waals surface area contributed by atoms with E-state index < -0.39 is 29.2 Å². The summed E-state index contributed by atoms with van der Waals surface area (Å²) in [5.41, 5.74) is 1.10. The molecule has 2 amide bonds. The van der Waals surface area contributed by atoms with Crippen LogP contribution in [0, 0.1) is 0 Å². The van der Waals surface area contributed by atoms with Gasteiger partial charge in [0.15, 0.2) is 0 Å². The molecule has 0 spiro atoms. The molecule has 0 radical (unpaired) electrons. The molecule has 1 aromatic rings. The Morgan fingerprint density at radius 2 is 1.96 bits per heavy atom. The third-order valence-electron chi connectivity index (χ3n) is 3.93. The number of aliphatic hydroxyl groups is 1. The fraction of sp³-hybridized carbons (Fsp3) is 0.312. The van der Waals surface area contributed by atoms with Crippen molar-refractivity contribution >= 4 is 29.5 Å². The van der Waals surface area contributed by atoms with Gasteiger partial charge in [0, 0.05) is 6.20 Å². The highest BCUT2D eigenvalue weighted by molar-refractivity contribution is 8.01. The Balaban J connectivity index is 1.67. The van der Waals surface area contributed by atoms with E-state index in [4.69, 9.17) is 0 Å². The number of carboxylic acids is 1. The molecule has 7 nitrogen and oxygen atoms in total. The molecule has 126 valence electrons. The monoisotopic (exact) mass is 348 g/mol. The van der Waals surface area contributed by atoms with E-state index in [-0.39, 0.29) is 23.8 Å². The first kappa shape index (κ1) is 16.5. The minimum atomic E-state index is -1.08. The normalized spacial score (nSPS) is 25.4. The number of carbonyl (C=O) groups is 3. The Morgan fingerprint density at radius 3 is 2.58 bits per heavy atom. The zero-order valence-corrected chi connectivity index (χ0v) is 13.4. The number of β-lactam (4-membered cyclic amide) rings is 1. The van der Waals surface area contributed by atoms with Crippen molar-refractivity contribution in [2.24, 2.45) is 0 Å². The van der Waals surface area contributed by atoms with E-state index in [0.29, 0.717) is 0 Å². The van der Waals surface area contributed by atoms with Crippen LogP contribution in [0.1, 0.15) is 5.56 Å². The minimum Gasteiger partial charge on any atom is -0.480 e. The Kier molecular flexibility index (Phi) is 4.59. The van der Waals surface area contributed by atoms with E-state index in [9.17, 15) is 24.6 Å². The average Bonchev–Trinajstić information content (AvgIpc) is 2.59. The van der Waals surface area contributed by atoms with Gasteiger partial charge >= 0.3 is 5.97 Å². The molecule has 2 aliphatic rings. The fourth-order valence-corrected chi connectivity index (χ4v) is 4.06. The highest BCUT2D eigenvalue weighted by atomic mass is 32.2. The molecule has 0 bridgehead atoms. The van der Waals surface area contributed by atoms with Crippen molar-refractivity contribution in [3.8, 4) is 0 Å². The molecule has 1 aromatic carbocycles. The van der Waals surface area contributed by atoms with Crippen molar-refractivity contribution in [3.05, 3.63) is 47.7 Å². The Morgan fingerprint density at radius 1 is 1.25 bits per heavy atom. The SMILES string of the molecule is O=C(Cc1ccccc1)NC1C(=O)N2C=C(CO)C(C(=O)O)S[C@H]12. The van der Waals surface area contributed by atoms with Gasteiger partial charge in [-0.2, -0.15) is 0 Å². The molecule has 1 fully saturated rings. The second-order valence-corrected chi connectivity index (χ2v) is 6.79. The van der Waals surface area contributed by atoms with E-state index in [0.717, 1.165) is 17.3 Å². The molecule has 0 aliphatic carbocycles. The summed E-state index contributed by atoms with van der Waals surface area (Å²) in [4.78, 5) is 36.9. The summed E-state index contributed by atoms with van der Waals surface area (Å²) >= 11 is 1.04. The van der Waals surface area contributed by atoms with Gasteiger partial charge in [-0.1, -0.05) is 30.3 Å². The van der Waals surface area contributed by atoms with Crippen LogP contribution in [0.4, 0.5) is 0 Å². The van der Waals surface area contributed by atoms with E-state index in [1.807, 2.05) is 30.3 Å². The lowest BCUT2D eigenvalue weighted by atomic mass is 10.0. The van der Waals surface area contributed by atoms with Crippen molar-refractivity contribution in [2.45, 2.75) is 23.1 Å². The number of aliphatic hydroxyl groups excluding tert-OH is 1. The molecular weight excluding hydrogens is 332 g/mol. The Hall–Kier alpha value is -2.32. The number of fused-ring (bicyclic) bond motifs is 1. The predicted molar refractivity (Wildman–Crippen MR) is 86.9 cm³/mol. The van der Waals surface area contributed by atoms with Crippen LogP contribution in [-0.4, -0.2) is 56.2 Å². The lowest BCUT2D eigenvalue weighted by Crippen LogP contribution is -2.69. The largest absolute Gasteiger partial charge is 0.480 e. The smallest absolute Gasteiger partial charge is 0.321 e. The summed E-state index contributed by atoms with van der Waals surface area (Å²) in [5, 5.41) is 19.8. The highest BCUT2D eigenvalue weighted by Crippen LogP contribution is 2.40. The van der Waals surface area contributed by atoms with Crippen LogP contribution in [-0.2, 0) is 20.8 Å². The number of aliphatic carboxylic acids is 1. The number of hydrogen-bond donors (Lipinski definition) is 3. The van der Waals surface area contributed by atoms with E-state index in [1.165, 1.54) is 11.1 Å². The van der Waals surface area contributed by atoms with Gasteiger partial charge in [0.25, 0.3) is 5.91 Å². The summed E-state index contributed by atoms with van der Waals surface area (Å²) in [6, 6.07) is 8.40. The van der Waals surface area contributed by atoms with Gasteiger partial charge < -0.3 is 20.4 Å². The van der Waals surface area contributed by atoms with Crippen molar-refractivity contribution in [2.75, 3.05) is 6.61 Å². The summed E-state index contributed by atoms with van der Waals surface area (Å²) in [6.07, 6.45) is 1.53. The van der Waals surface area contributed by atoms with E-state index >= 15 is 0 Å². The fourth-order valence-electron chi connectivity index (χ4n) is 2.72. The van der Waals surface area contributed by atoms with Crippen molar-refractivity contribution in [1.82, 2.24) is 10.2 Å². The van der Waals surface area contributed by atoms with Gasteiger partial charge in [0.05, 0.1) is 13.0 Å². The molecule has 3 rings (SSSR count). The van der Waals surface area contributed by atoms with Crippen LogP contribution in [0.5, 0.6) is 0 Å². The zero-order chi connectivity index (χ0) is 17.3. The Bertz CT molecular complexity index is 706. The second-order valence-electron chi connectivity index (χ2n) is 5.56. The van der Waals surface area contributed by atoms with Gasteiger partial charge in [-0.15, -0.1) is 11.8 Å². The van der Waals surface area contributed by atoms with Crippen molar-refractivity contribution in [1.29, 1.82) is 0 Å². The van der Waals surface area contributed by atoms with E-state index in [1.54, 1.807) is 0 Å². The number of amides is 2. The first-order valence-corrected chi connectivity index (χ1v) is 8.30. The number of benzene rings is 1. The maximum absolute atomic E-state index is 12.1. The van der Waals surface area contributed by atoms with Gasteiger partial charge in [-0.3, -0.25) is 14.4 Å². The summed E-state index contributed by atoms with van der Waals surface area (Å²) in [7, 11) is 0. The zero-order valence-electron chi connectivity index (χ0n) is 12.6.